The van der Waals surface area contributed by atoms with Gasteiger partial charge in [0, 0.05) is 35.1 Å². The van der Waals surface area contributed by atoms with Crippen molar-refractivity contribution in [2.75, 3.05) is 5.75 Å². The van der Waals surface area contributed by atoms with Gasteiger partial charge in [-0.2, -0.15) is 5.10 Å². The van der Waals surface area contributed by atoms with E-state index in [2.05, 4.69) is 55.5 Å². The summed E-state index contributed by atoms with van der Waals surface area (Å²) < 4.78 is 1.97. The molecule has 1 heterocycles. The molecule has 0 aliphatic heterocycles. The number of nitrogens with zero attached hydrogens (tertiary/aromatic N) is 2. The Kier molecular flexibility index (Phi) is 5.26. The molecule has 0 aliphatic rings. The van der Waals surface area contributed by atoms with Crippen LogP contribution in [0.4, 0.5) is 0 Å². The maximum absolute atomic E-state index is 4.20. The topological polar surface area (TPSA) is 29.9 Å². The molecule has 1 aromatic carbocycles. The van der Waals surface area contributed by atoms with Gasteiger partial charge in [-0.05, 0) is 44.5 Å². The molecule has 108 valence electrons. The van der Waals surface area contributed by atoms with Crippen LogP contribution < -0.4 is 5.32 Å². The van der Waals surface area contributed by atoms with Crippen LogP contribution in [0.3, 0.4) is 0 Å². The van der Waals surface area contributed by atoms with Gasteiger partial charge in [0.25, 0.3) is 0 Å². The van der Waals surface area contributed by atoms with Gasteiger partial charge in [-0.3, -0.25) is 4.68 Å². The molecule has 0 bridgehead atoms. The molecule has 0 spiro atoms. The number of benzene rings is 1. The van der Waals surface area contributed by atoms with E-state index in [9.17, 15) is 0 Å². The monoisotopic (exact) mass is 289 g/mol. The van der Waals surface area contributed by atoms with Crippen LogP contribution in [0.5, 0.6) is 0 Å². The Morgan fingerprint density at radius 3 is 2.55 bits per heavy atom. The van der Waals surface area contributed by atoms with Crippen LogP contribution in [0.15, 0.2) is 47.6 Å². The van der Waals surface area contributed by atoms with Crippen LogP contribution >= 0.6 is 11.8 Å². The van der Waals surface area contributed by atoms with E-state index in [-0.39, 0.29) is 5.54 Å². The number of hydrogen-bond donors (Lipinski definition) is 1. The number of thioether (sulfide) groups is 1. The van der Waals surface area contributed by atoms with Crippen molar-refractivity contribution in [1.82, 2.24) is 15.1 Å². The smallest absolute Gasteiger partial charge is 0.0503 e. The normalized spacial score (nSPS) is 11.8. The first-order valence-corrected chi connectivity index (χ1v) is 7.96. The van der Waals surface area contributed by atoms with E-state index in [1.54, 1.807) is 0 Å². The zero-order valence-corrected chi connectivity index (χ0v) is 13.3. The minimum absolute atomic E-state index is 0.164. The highest BCUT2D eigenvalue weighted by atomic mass is 32.2. The van der Waals surface area contributed by atoms with Gasteiger partial charge in [-0.15, -0.1) is 11.8 Å². The van der Waals surface area contributed by atoms with Gasteiger partial charge in [0.05, 0.1) is 6.54 Å². The van der Waals surface area contributed by atoms with Crippen molar-refractivity contribution >= 4 is 11.8 Å². The van der Waals surface area contributed by atoms with Gasteiger partial charge in [-0.1, -0.05) is 12.1 Å². The van der Waals surface area contributed by atoms with Gasteiger partial charge in [0.15, 0.2) is 0 Å². The second kappa shape index (κ2) is 6.95. The zero-order chi connectivity index (χ0) is 14.4. The summed E-state index contributed by atoms with van der Waals surface area (Å²) in [6.07, 6.45) is 3.82. The van der Waals surface area contributed by atoms with Crippen molar-refractivity contribution in [3.05, 3.63) is 48.3 Å². The highest BCUT2D eigenvalue weighted by Gasteiger charge is 2.08. The molecular formula is C16H23N3S. The molecule has 0 amide bonds. The fourth-order valence-corrected chi connectivity index (χ4v) is 2.60. The largest absolute Gasteiger partial charge is 0.308 e. The Labute approximate surface area is 125 Å². The van der Waals surface area contributed by atoms with Crippen LogP contribution in [0.25, 0.3) is 0 Å². The van der Waals surface area contributed by atoms with Crippen molar-refractivity contribution in [3.8, 4) is 0 Å². The molecule has 2 aromatic rings. The Bertz CT molecular complexity index is 498. The van der Waals surface area contributed by atoms with Crippen LogP contribution in [-0.4, -0.2) is 21.1 Å². The molecule has 0 fully saturated rings. The Morgan fingerprint density at radius 1 is 1.20 bits per heavy atom. The number of aryl methyl sites for hydroxylation is 1. The summed E-state index contributed by atoms with van der Waals surface area (Å²) in [6, 6.07) is 10.8. The molecule has 1 aromatic heterocycles. The third-order valence-electron chi connectivity index (χ3n) is 2.89. The predicted molar refractivity (Wildman–Crippen MR) is 86.0 cm³/mol. The van der Waals surface area contributed by atoms with E-state index in [1.165, 1.54) is 10.5 Å². The highest BCUT2D eigenvalue weighted by Crippen LogP contribution is 2.18. The molecule has 20 heavy (non-hydrogen) atoms. The Balaban J connectivity index is 1.76. The molecule has 4 heteroatoms. The fraction of sp³-hybridized carbons (Fsp3) is 0.438. The van der Waals surface area contributed by atoms with E-state index in [1.807, 2.05) is 34.9 Å². The van der Waals surface area contributed by atoms with Crippen LogP contribution in [-0.2, 0) is 13.1 Å². The SMILES string of the molecule is CC(C)(C)NCc1ccc(SCCn2cccn2)cc1. The summed E-state index contributed by atoms with van der Waals surface area (Å²) in [7, 11) is 0. The maximum atomic E-state index is 4.20. The lowest BCUT2D eigenvalue weighted by atomic mass is 10.1. The second-order valence-corrected chi connectivity index (χ2v) is 7.03. The molecular weight excluding hydrogens is 266 g/mol. The lowest BCUT2D eigenvalue weighted by molar-refractivity contribution is 0.424. The van der Waals surface area contributed by atoms with Gasteiger partial charge >= 0.3 is 0 Å². The molecule has 0 saturated carbocycles. The van der Waals surface area contributed by atoms with Gasteiger partial charge in [0.2, 0.25) is 0 Å². The minimum Gasteiger partial charge on any atom is -0.308 e. The van der Waals surface area contributed by atoms with Gasteiger partial charge in [0.1, 0.15) is 0 Å². The molecule has 0 unspecified atom stereocenters. The lowest BCUT2D eigenvalue weighted by Crippen LogP contribution is -2.35. The highest BCUT2D eigenvalue weighted by molar-refractivity contribution is 7.99. The molecule has 2 rings (SSSR count). The first-order valence-electron chi connectivity index (χ1n) is 6.97. The van der Waals surface area contributed by atoms with E-state index in [0.29, 0.717) is 0 Å². The molecule has 1 N–H and O–H groups in total. The summed E-state index contributed by atoms with van der Waals surface area (Å²) in [5.41, 5.74) is 1.49. The predicted octanol–water partition coefficient (Wildman–Crippen LogP) is 3.56. The summed E-state index contributed by atoms with van der Waals surface area (Å²) in [6.45, 7) is 8.43. The molecule has 0 atom stereocenters. The van der Waals surface area contributed by atoms with Crippen molar-refractivity contribution in [2.24, 2.45) is 0 Å². The number of hydrogen-bond acceptors (Lipinski definition) is 3. The molecule has 0 aliphatic carbocycles. The van der Waals surface area contributed by atoms with E-state index >= 15 is 0 Å². The van der Waals surface area contributed by atoms with Crippen molar-refractivity contribution in [2.45, 2.75) is 44.3 Å². The summed E-state index contributed by atoms with van der Waals surface area (Å²) in [5, 5.41) is 7.70. The van der Waals surface area contributed by atoms with Gasteiger partial charge in [-0.25, -0.2) is 0 Å². The number of rotatable bonds is 6. The van der Waals surface area contributed by atoms with E-state index < -0.39 is 0 Å². The quantitative estimate of drug-likeness (QED) is 0.825. The average molecular weight is 289 g/mol. The second-order valence-electron chi connectivity index (χ2n) is 5.87. The molecule has 0 radical (unpaired) electrons. The third kappa shape index (κ3) is 5.39. The van der Waals surface area contributed by atoms with Crippen LogP contribution in [0.2, 0.25) is 0 Å². The summed E-state index contributed by atoms with van der Waals surface area (Å²) >= 11 is 1.87. The van der Waals surface area contributed by atoms with Crippen molar-refractivity contribution < 1.29 is 0 Å². The number of nitrogens with one attached hydrogen (secondary N) is 1. The van der Waals surface area contributed by atoms with Crippen molar-refractivity contribution in [1.29, 1.82) is 0 Å². The third-order valence-corrected chi connectivity index (χ3v) is 3.89. The van der Waals surface area contributed by atoms with Crippen LogP contribution in [0.1, 0.15) is 26.3 Å². The summed E-state index contributed by atoms with van der Waals surface area (Å²) in [4.78, 5) is 1.32. The van der Waals surface area contributed by atoms with E-state index in [0.717, 1.165) is 18.8 Å². The van der Waals surface area contributed by atoms with Gasteiger partial charge < -0.3 is 5.32 Å². The molecule has 3 nitrogen and oxygen atoms in total. The summed E-state index contributed by atoms with van der Waals surface area (Å²) in [5.74, 6) is 1.04. The Morgan fingerprint density at radius 2 is 1.95 bits per heavy atom. The standard InChI is InChI=1S/C16H23N3S/c1-16(2,3)17-13-14-5-7-15(8-6-14)20-12-11-19-10-4-9-18-19/h4-10,17H,11-13H2,1-3H3. The zero-order valence-electron chi connectivity index (χ0n) is 12.5. The van der Waals surface area contributed by atoms with Crippen molar-refractivity contribution in [3.63, 3.8) is 0 Å². The first-order chi connectivity index (χ1) is 9.53. The maximum Gasteiger partial charge on any atom is 0.0503 e. The lowest BCUT2D eigenvalue weighted by Gasteiger charge is -2.20. The Hall–Kier alpha value is -1.26. The molecule has 0 saturated heterocycles. The van der Waals surface area contributed by atoms with E-state index in [4.69, 9.17) is 0 Å². The number of aromatic nitrogens is 2. The average Bonchev–Trinajstić information content (AvgIpc) is 2.90. The van der Waals surface area contributed by atoms with Crippen LogP contribution in [0, 0.1) is 0 Å². The first kappa shape index (κ1) is 15.1. The minimum atomic E-state index is 0.164. The fourth-order valence-electron chi connectivity index (χ4n) is 1.76.